The third-order valence-electron chi connectivity index (χ3n) is 2.48. The minimum atomic E-state index is -1.08. The summed E-state index contributed by atoms with van der Waals surface area (Å²) in [7, 11) is 0. The molecule has 0 aliphatic carbocycles. The number of amides is 1. The predicted molar refractivity (Wildman–Crippen MR) is 50.4 cm³/mol. The molecule has 1 aromatic heterocycles. The Labute approximate surface area is 85.9 Å². The van der Waals surface area contributed by atoms with Gasteiger partial charge in [-0.3, -0.25) is 9.89 Å². The Hall–Kier alpha value is -1.85. The quantitative estimate of drug-likeness (QED) is 0.726. The lowest BCUT2D eigenvalue weighted by Gasteiger charge is -2.30. The highest BCUT2D eigenvalue weighted by Crippen LogP contribution is 2.11. The Kier molecular flexibility index (Phi) is 2.40. The van der Waals surface area contributed by atoms with Crippen LogP contribution in [0.25, 0.3) is 0 Å². The summed E-state index contributed by atoms with van der Waals surface area (Å²) in [4.78, 5) is 24.0. The SMILES string of the molecule is O=C(O)c1[nH]ncc1CC(=O)N1CCC1. The van der Waals surface area contributed by atoms with Gasteiger partial charge in [0.25, 0.3) is 0 Å². The molecule has 6 heteroatoms. The highest BCUT2D eigenvalue weighted by molar-refractivity contribution is 5.89. The van der Waals surface area contributed by atoms with E-state index in [2.05, 4.69) is 10.2 Å². The zero-order valence-electron chi connectivity index (χ0n) is 8.06. The van der Waals surface area contributed by atoms with Crippen molar-refractivity contribution in [3.05, 3.63) is 17.5 Å². The van der Waals surface area contributed by atoms with Gasteiger partial charge in [0.05, 0.1) is 12.6 Å². The molecule has 2 rings (SSSR count). The van der Waals surface area contributed by atoms with Gasteiger partial charge in [0.1, 0.15) is 5.69 Å². The summed E-state index contributed by atoms with van der Waals surface area (Å²) in [6, 6.07) is 0. The lowest BCUT2D eigenvalue weighted by atomic mass is 10.1. The van der Waals surface area contributed by atoms with Crippen LogP contribution < -0.4 is 0 Å². The minimum absolute atomic E-state index is 0.00359. The number of aromatic amines is 1. The average molecular weight is 209 g/mol. The lowest BCUT2D eigenvalue weighted by molar-refractivity contribution is -0.133. The van der Waals surface area contributed by atoms with Crippen molar-refractivity contribution in [1.29, 1.82) is 0 Å². The van der Waals surface area contributed by atoms with Crippen LogP contribution in [0, 0.1) is 0 Å². The maximum atomic E-state index is 11.6. The van der Waals surface area contributed by atoms with Crippen LogP contribution in [0.15, 0.2) is 6.20 Å². The average Bonchev–Trinajstić information content (AvgIpc) is 2.48. The Morgan fingerprint density at radius 3 is 2.80 bits per heavy atom. The number of carbonyl (C=O) groups is 2. The van der Waals surface area contributed by atoms with Crippen molar-refractivity contribution in [3.8, 4) is 0 Å². The number of nitrogens with zero attached hydrogens (tertiary/aromatic N) is 2. The molecule has 2 heterocycles. The van der Waals surface area contributed by atoms with Crippen molar-refractivity contribution in [1.82, 2.24) is 15.1 Å². The monoisotopic (exact) mass is 209 g/mol. The van der Waals surface area contributed by atoms with E-state index >= 15 is 0 Å². The normalized spacial score (nSPS) is 14.8. The van der Waals surface area contributed by atoms with Gasteiger partial charge in [-0.15, -0.1) is 0 Å². The van der Waals surface area contributed by atoms with E-state index < -0.39 is 5.97 Å². The number of aromatic nitrogens is 2. The van der Waals surface area contributed by atoms with Gasteiger partial charge in [0, 0.05) is 18.7 Å². The molecule has 0 radical (unpaired) electrons. The van der Waals surface area contributed by atoms with Gasteiger partial charge < -0.3 is 10.0 Å². The van der Waals surface area contributed by atoms with Gasteiger partial charge >= 0.3 is 5.97 Å². The van der Waals surface area contributed by atoms with Gasteiger partial charge in [0.15, 0.2) is 0 Å². The number of aromatic carboxylic acids is 1. The number of hydrogen-bond acceptors (Lipinski definition) is 3. The standard InChI is InChI=1S/C9H11N3O3/c13-7(12-2-1-3-12)4-6-5-10-11-8(6)9(14)15/h5H,1-4H2,(H,10,11)(H,14,15). The first-order chi connectivity index (χ1) is 7.18. The number of carbonyl (C=O) groups excluding carboxylic acids is 1. The number of carboxylic acids is 1. The molecule has 1 fully saturated rings. The Bertz CT molecular complexity index is 395. The van der Waals surface area contributed by atoms with Crippen LogP contribution in [0.2, 0.25) is 0 Å². The topological polar surface area (TPSA) is 86.3 Å². The van der Waals surface area contributed by atoms with Gasteiger partial charge in [-0.1, -0.05) is 0 Å². The van der Waals surface area contributed by atoms with Crippen molar-refractivity contribution in [2.24, 2.45) is 0 Å². The number of nitrogens with one attached hydrogen (secondary N) is 1. The molecule has 80 valence electrons. The third-order valence-corrected chi connectivity index (χ3v) is 2.48. The summed E-state index contributed by atoms with van der Waals surface area (Å²) in [5.41, 5.74) is 0.447. The van der Waals surface area contributed by atoms with Crippen LogP contribution in [0.5, 0.6) is 0 Å². The fourth-order valence-electron chi connectivity index (χ4n) is 1.47. The largest absolute Gasteiger partial charge is 0.477 e. The molecule has 0 atom stereocenters. The van der Waals surface area contributed by atoms with E-state index in [1.807, 2.05) is 0 Å². The molecule has 1 aromatic rings. The summed E-state index contributed by atoms with van der Waals surface area (Å²) >= 11 is 0. The molecule has 0 unspecified atom stereocenters. The summed E-state index contributed by atoms with van der Waals surface area (Å²) in [5.74, 6) is -1.12. The maximum Gasteiger partial charge on any atom is 0.354 e. The second-order valence-electron chi connectivity index (χ2n) is 3.49. The maximum absolute atomic E-state index is 11.6. The van der Waals surface area contributed by atoms with Crippen molar-refractivity contribution >= 4 is 11.9 Å². The summed E-state index contributed by atoms with van der Waals surface area (Å²) in [5, 5.41) is 14.8. The van der Waals surface area contributed by atoms with E-state index in [9.17, 15) is 9.59 Å². The molecular weight excluding hydrogens is 198 g/mol. The van der Waals surface area contributed by atoms with Crippen LogP contribution in [0.4, 0.5) is 0 Å². The van der Waals surface area contributed by atoms with Crippen molar-refractivity contribution < 1.29 is 14.7 Å². The smallest absolute Gasteiger partial charge is 0.354 e. The zero-order valence-corrected chi connectivity index (χ0v) is 8.06. The highest BCUT2D eigenvalue weighted by Gasteiger charge is 2.22. The number of likely N-dealkylation sites (tertiary alicyclic amines) is 1. The summed E-state index contributed by atoms with van der Waals surface area (Å²) in [6.07, 6.45) is 2.53. The first-order valence-corrected chi connectivity index (χ1v) is 4.72. The Morgan fingerprint density at radius 1 is 1.53 bits per heavy atom. The van der Waals surface area contributed by atoms with Crippen LogP contribution >= 0.6 is 0 Å². The van der Waals surface area contributed by atoms with E-state index in [4.69, 9.17) is 5.11 Å². The lowest BCUT2D eigenvalue weighted by Crippen LogP contribution is -2.42. The van der Waals surface area contributed by atoms with Crippen molar-refractivity contribution in [2.45, 2.75) is 12.8 Å². The fraction of sp³-hybridized carbons (Fsp3) is 0.444. The van der Waals surface area contributed by atoms with E-state index in [0.29, 0.717) is 5.56 Å². The first-order valence-electron chi connectivity index (χ1n) is 4.72. The van der Waals surface area contributed by atoms with Gasteiger partial charge in [0.2, 0.25) is 5.91 Å². The first kappa shape index (κ1) is 9.70. The molecule has 2 N–H and O–H groups in total. The van der Waals surface area contributed by atoms with Crippen LogP contribution in [0.3, 0.4) is 0 Å². The Morgan fingerprint density at radius 2 is 2.27 bits per heavy atom. The molecular formula is C9H11N3O3. The van der Waals surface area contributed by atoms with Gasteiger partial charge in [-0.2, -0.15) is 5.10 Å². The molecule has 0 bridgehead atoms. The molecule has 0 aromatic carbocycles. The number of hydrogen-bond donors (Lipinski definition) is 2. The number of H-pyrrole nitrogens is 1. The number of carboxylic acid groups (broad SMARTS) is 1. The second kappa shape index (κ2) is 3.72. The van der Waals surface area contributed by atoms with Crippen molar-refractivity contribution in [2.75, 3.05) is 13.1 Å². The highest BCUT2D eigenvalue weighted by atomic mass is 16.4. The van der Waals surface area contributed by atoms with Gasteiger partial charge in [-0.05, 0) is 6.42 Å². The molecule has 1 aliphatic heterocycles. The van der Waals surface area contributed by atoms with Gasteiger partial charge in [-0.25, -0.2) is 4.79 Å². The molecule has 1 saturated heterocycles. The molecule has 0 saturated carbocycles. The summed E-state index contributed by atoms with van der Waals surface area (Å²) < 4.78 is 0. The molecule has 15 heavy (non-hydrogen) atoms. The van der Waals surface area contributed by atoms with Crippen LogP contribution in [-0.4, -0.2) is 45.2 Å². The van der Waals surface area contributed by atoms with E-state index in [1.165, 1.54) is 6.20 Å². The van der Waals surface area contributed by atoms with Crippen LogP contribution in [0.1, 0.15) is 22.5 Å². The molecule has 1 amide bonds. The molecule has 6 nitrogen and oxygen atoms in total. The predicted octanol–water partition coefficient (Wildman–Crippen LogP) is -0.117. The second-order valence-corrected chi connectivity index (χ2v) is 3.49. The van der Waals surface area contributed by atoms with E-state index in [-0.39, 0.29) is 18.0 Å². The fourth-order valence-corrected chi connectivity index (χ4v) is 1.47. The van der Waals surface area contributed by atoms with E-state index in [0.717, 1.165) is 19.5 Å². The van der Waals surface area contributed by atoms with Crippen LogP contribution in [-0.2, 0) is 11.2 Å². The molecule has 0 spiro atoms. The third kappa shape index (κ3) is 1.83. The summed E-state index contributed by atoms with van der Waals surface area (Å²) in [6.45, 7) is 1.55. The minimum Gasteiger partial charge on any atom is -0.477 e. The van der Waals surface area contributed by atoms with E-state index in [1.54, 1.807) is 4.90 Å². The zero-order chi connectivity index (χ0) is 10.8. The van der Waals surface area contributed by atoms with Crippen molar-refractivity contribution in [3.63, 3.8) is 0 Å². The number of rotatable bonds is 3. The Balaban J connectivity index is 2.06. The molecule has 1 aliphatic rings.